The van der Waals surface area contributed by atoms with Crippen molar-refractivity contribution in [1.29, 1.82) is 0 Å². The molecule has 0 radical (unpaired) electrons. The van der Waals surface area contributed by atoms with Crippen LogP contribution in [0.1, 0.15) is 16.1 Å². The molecule has 0 aliphatic carbocycles. The SMILES string of the molecule is Cn1nc(CNC(=O)c2c[nH]c3ccccc23)c2ccccc2c1=O. The van der Waals surface area contributed by atoms with Gasteiger partial charge < -0.3 is 10.3 Å². The Bertz CT molecular complexity index is 1160. The Hall–Kier alpha value is -3.41. The normalized spacial score (nSPS) is 11.1. The number of aromatic amines is 1. The van der Waals surface area contributed by atoms with E-state index in [1.807, 2.05) is 42.5 Å². The van der Waals surface area contributed by atoms with Crippen molar-refractivity contribution in [3.05, 3.63) is 76.3 Å². The number of H-pyrrole nitrogens is 1. The molecule has 6 nitrogen and oxygen atoms in total. The van der Waals surface area contributed by atoms with Gasteiger partial charge in [0.1, 0.15) is 0 Å². The summed E-state index contributed by atoms with van der Waals surface area (Å²) in [7, 11) is 1.61. The molecule has 0 spiro atoms. The highest BCUT2D eigenvalue weighted by Gasteiger charge is 2.13. The zero-order chi connectivity index (χ0) is 17.4. The van der Waals surface area contributed by atoms with Crippen molar-refractivity contribution in [3.63, 3.8) is 0 Å². The molecule has 0 saturated carbocycles. The first kappa shape index (κ1) is 15.1. The average Bonchev–Trinajstić information content (AvgIpc) is 3.07. The molecule has 0 saturated heterocycles. The van der Waals surface area contributed by atoms with E-state index in [2.05, 4.69) is 15.4 Å². The highest BCUT2D eigenvalue weighted by Crippen LogP contribution is 2.18. The molecule has 25 heavy (non-hydrogen) atoms. The second kappa shape index (κ2) is 5.90. The Morgan fingerprint density at radius 1 is 1.08 bits per heavy atom. The number of nitrogens with one attached hydrogen (secondary N) is 2. The van der Waals surface area contributed by atoms with Gasteiger partial charge in [-0.2, -0.15) is 5.10 Å². The zero-order valence-corrected chi connectivity index (χ0v) is 13.6. The van der Waals surface area contributed by atoms with Crippen molar-refractivity contribution in [2.24, 2.45) is 7.05 Å². The number of amides is 1. The second-order valence-electron chi connectivity index (χ2n) is 5.85. The van der Waals surface area contributed by atoms with Gasteiger partial charge in [0, 0.05) is 29.5 Å². The molecular weight excluding hydrogens is 316 g/mol. The van der Waals surface area contributed by atoms with Gasteiger partial charge >= 0.3 is 0 Å². The topological polar surface area (TPSA) is 79.8 Å². The predicted octanol–water partition coefficient (Wildman–Crippen LogP) is 2.34. The Kier molecular flexibility index (Phi) is 3.57. The minimum absolute atomic E-state index is 0.151. The van der Waals surface area contributed by atoms with E-state index in [9.17, 15) is 9.59 Å². The van der Waals surface area contributed by atoms with Crippen molar-refractivity contribution in [3.8, 4) is 0 Å². The molecule has 1 amide bonds. The maximum Gasteiger partial charge on any atom is 0.274 e. The minimum Gasteiger partial charge on any atom is -0.360 e. The molecule has 6 heteroatoms. The lowest BCUT2D eigenvalue weighted by molar-refractivity contribution is 0.0952. The van der Waals surface area contributed by atoms with Crippen molar-refractivity contribution in [2.45, 2.75) is 6.54 Å². The number of benzene rings is 2. The fraction of sp³-hybridized carbons (Fsp3) is 0.105. The fourth-order valence-corrected chi connectivity index (χ4v) is 3.03. The third-order valence-corrected chi connectivity index (χ3v) is 4.28. The van der Waals surface area contributed by atoms with E-state index in [1.54, 1.807) is 19.3 Å². The van der Waals surface area contributed by atoms with E-state index in [0.717, 1.165) is 16.3 Å². The van der Waals surface area contributed by atoms with Crippen LogP contribution in [0, 0.1) is 0 Å². The lowest BCUT2D eigenvalue weighted by atomic mass is 10.1. The lowest BCUT2D eigenvalue weighted by Crippen LogP contribution is -2.27. The zero-order valence-electron chi connectivity index (χ0n) is 13.6. The first-order valence-corrected chi connectivity index (χ1v) is 7.94. The summed E-state index contributed by atoms with van der Waals surface area (Å²) in [6, 6.07) is 14.9. The number of aryl methyl sites for hydroxylation is 1. The first-order chi connectivity index (χ1) is 12.1. The van der Waals surface area contributed by atoms with Crippen LogP contribution in [0.25, 0.3) is 21.7 Å². The van der Waals surface area contributed by atoms with E-state index < -0.39 is 0 Å². The summed E-state index contributed by atoms with van der Waals surface area (Å²) in [5.74, 6) is -0.183. The van der Waals surface area contributed by atoms with Crippen molar-refractivity contribution in [2.75, 3.05) is 0 Å². The molecule has 0 atom stereocenters. The summed E-state index contributed by atoms with van der Waals surface area (Å²) in [6.45, 7) is 0.243. The molecule has 0 unspecified atom stereocenters. The van der Waals surface area contributed by atoms with Crippen molar-refractivity contribution in [1.82, 2.24) is 20.1 Å². The van der Waals surface area contributed by atoms with Gasteiger partial charge in [-0.1, -0.05) is 36.4 Å². The Morgan fingerprint density at radius 3 is 2.56 bits per heavy atom. The second-order valence-corrected chi connectivity index (χ2v) is 5.85. The van der Waals surface area contributed by atoms with Gasteiger partial charge in [-0.15, -0.1) is 0 Å². The van der Waals surface area contributed by atoms with Crippen LogP contribution >= 0.6 is 0 Å². The van der Waals surface area contributed by atoms with Crippen molar-refractivity contribution < 1.29 is 4.79 Å². The summed E-state index contributed by atoms with van der Waals surface area (Å²) < 4.78 is 1.30. The Balaban J connectivity index is 1.66. The molecule has 4 aromatic rings. The Labute approximate surface area is 143 Å². The van der Waals surface area contributed by atoms with E-state index in [4.69, 9.17) is 0 Å². The number of hydrogen-bond acceptors (Lipinski definition) is 3. The first-order valence-electron chi connectivity index (χ1n) is 7.94. The number of hydrogen-bond donors (Lipinski definition) is 2. The molecule has 2 N–H and O–H groups in total. The molecule has 0 fully saturated rings. The third kappa shape index (κ3) is 2.57. The van der Waals surface area contributed by atoms with Crippen LogP contribution in [0.2, 0.25) is 0 Å². The fourth-order valence-electron chi connectivity index (χ4n) is 3.03. The summed E-state index contributed by atoms with van der Waals surface area (Å²) in [6.07, 6.45) is 1.70. The number of carbonyl (C=O) groups is 1. The minimum atomic E-state index is -0.183. The number of para-hydroxylation sites is 1. The predicted molar refractivity (Wildman–Crippen MR) is 96.5 cm³/mol. The van der Waals surface area contributed by atoms with E-state index in [0.29, 0.717) is 16.6 Å². The van der Waals surface area contributed by atoms with Gasteiger partial charge in [0.05, 0.1) is 23.2 Å². The standard InChI is InChI=1S/C19H16N4O2/c1-23-19(25)14-8-3-2-6-12(14)17(22-23)11-21-18(24)15-10-20-16-9-5-4-7-13(15)16/h2-10,20H,11H2,1H3,(H,21,24). The summed E-state index contributed by atoms with van der Waals surface area (Å²) in [5, 5.41) is 9.42. The summed E-state index contributed by atoms with van der Waals surface area (Å²) >= 11 is 0. The summed E-state index contributed by atoms with van der Waals surface area (Å²) in [5.41, 5.74) is 2.01. The van der Waals surface area contributed by atoms with E-state index in [-0.39, 0.29) is 18.0 Å². The van der Waals surface area contributed by atoms with E-state index in [1.165, 1.54) is 4.68 Å². The molecule has 2 aromatic heterocycles. The molecule has 0 bridgehead atoms. The molecule has 2 aromatic carbocycles. The van der Waals surface area contributed by atoms with Gasteiger partial charge in [0.15, 0.2) is 0 Å². The Morgan fingerprint density at radius 2 is 1.76 bits per heavy atom. The average molecular weight is 332 g/mol. The smallest absolute Gasteiger partial charge is 0.274 e. The van der Waals surface area contributed by atoms with E-state index >= 15 is 0 Å². The van der Waals surface area contributed by atoms with Gasteiger partial charge in [0.25, 0.3) is 11.5 Å². The summed E-state index contributed by atoms with van der Waals surface area (Å²) in [4.78, 5) is 27.8. The highest BCUT2D eigenvalue weighted by molar-refractivity contribution is 6.06. The van der Waals surface area contributed by atoms with Gasteiger partial charge in [0.2, 0.25) is 0 Å². The van der Waals surface area contributed by atoms with Crippen LogP contribution in [-0.4, -0.2) is 20.7 Å². The quantitative estimate of drug-likeness (QED) is 0.604. The molecule has 2 heterocycles. The monoisotopic (exact) mass is 332 g/mol. The lowest BCUT2D eigenvalue weighted by Gasteiger charge is -2.09. The number of nitrogens with zero attached hydrogens (tertiary/aromatic N) is 2. The van der Waals surface area contributed by atoms with Gasteiger partial charge in [-0.25, -0.2) is 4.68 Å². The maximum atomic E-state index is 12.6. The van der Waals surface area contributed by atoms with Gasteiger partial charge in [-0.3, -0.25) is 9.59 Å². The van der Waals surface area contributed by atoms with Crippen molar-refractivity contribution >= 4 is 27.6 Å². The molecule has 4 rings (SSSR count). The van der Waals surface area contributed by atoms with Crippen LogP contribution in [0.3, 0.4) is 0 Å². The van der Waals surface area contributed by atoms with Crippen LogP contribution in [0.5, 0.6) is 0 Å². The third-order valence-electron chi connectivity index (χ3n) is 4.28. The molecule has 0 aliphatic heterocycles. The molecular formula is C19H16N4O2. The highest BCUT2D eigenvalue weighted by atomic mass is 16.1. The number of carbonyl (C=O) groups excluding carboxylic acids is 1. The van der Waals surface area contributed by atoms with Crippen LogP contribution in [0.15, 0.2) is 59.5 Å². The maximum absolute atomic E-state index is 12.6. The van der Waals surface area contributed by atoms with Crippen LogP contribution in [0.4, 0.5) is 0 Å². The van der Waals surface area contributed by atoms with Crippen LogP contribution < -0.4 is 10.9 Å². The number of rotatable bonds is 3. The molecule has 0 aliphatic rings. The largest absolute Gasteiger partial charge is 0.360 e. The van der Waals surface area contributed by atoms with Crippen LogP contribution in [-0.2, 0) is 13.6 Å². The molecule has 124 valence electrons. The number of fused-ring (bicyclic) bond motifs is 2. The van der Waals surface area contributed by atoms with Gasteiger partial charge in [-0.05, 0) is 12.1 Å². The number of aromatic nitrogens is 3.